The molecule has 0 aliphatic rings. The maximum Gasteiger partial charge on any atom is 0.417 e. The molecule has 3 aromatic heterocycles. The van der Waals surface area contributed by atoms with E-state index in [1.807, 2.05) is 30.3 Å². The van der Waals surface area contributed by atoms with E-state index in [1.165, 1.54) is 39.5 Å². The highest BCUT2D eigenvalue weighted by molar-refractivity contribution is 7.31. The molecule has 1 amide bonds. The van der Waals surface area contributed by atoms with Gasteiger partial charge in [-0.25, -0.2) is 9.48 Å². The molecule has 13 heteroatoms. The molecule has 0 aliphatic carbocycles. The summed E-state index contributed by atoms with van der Waals surface area (Å²) in [5, 5.41) is 19.8. The number of hydrogen-bond donors (Lipinski definition) is 2. The number of carbonyl (C=O) groups is 2. The summed E-state index contributed by atoms with van der Waals surface area (Å²) in [6, 6.07) is 16.3. The van der Waals surface area contributed by atoms with Crippen molar-refractivity contribution < 1.29 is 32.6 Å². The smallest absolute Gasteiger partial charge is 0.417 e. The standard InChI is InChI=1S/C27H21F3N4O4S2/c1-14(16-6-4-3-5-7-16)38-26(37)31-25-24(32-33-34(25)2)22-13-21-20(40-22)12-19(39-21)17-9-8-15(11-23(35)36)10-18(17)27(28,29)30/h3-10,12-14H,11H2,1-2H3,(H,31,37)(H,35,36)/t14-/m1/s1. The largest absolute Gasteiger partial charge is 0.481 e. The summed E-state index contributed by atoms with van der Waals surface area (Å²) >= 11 is 2.48. The van der Waals surface area contributed by atoms with Crippen molar-refractivity contribution in [2.75, 3.05) is 5.32 Å². The number of alkyl halides is 3. The third kappa shape index (κ3) is 5.70. The van der Waals surface area contributed by atoms with Crippen molar-refractivity contribution in [3.05, 3.63) is 77.4 Å². The number of carbonyl (C=O) groups excluding carboxylic acids is 1. The number of rotatable bonds is 7. The minimum Gasteiger partial charge on any atom is -0.481 e. The Labute approximate surface area is 233 Å². The molecule has 3 heterocycles. The number of carboxylic acids is 1. The van der Waals surface area contributed by atoms with Gasteiger partial charge in [-0.2, -0.15) is 13.2 Å². The number of anilines is 1. The zero-order valence-electron chi connectivity index (χ0n) is 21.0. The fourth-order valence-corrected chi connectivity index (χ4v) is 6.57. The zero-order chi connectivity index (χ0) is 28.6. The molecule has 5 aromatic rings. The number of amides is 1. The number of aryl methyl sites for hydroxylation is 1. The summed E-state index contributed by atoms with van der Waals surface area (Å²) < 4.78 is 49.9. The highest BCUT2D eigenvalue weighted by Gasteiger charge is 2.34. The molecular weight excluding hydrogens is 565 g/mol. The highest BCUT2D eigenvalue weighted by atomic mass is 32.1. The van der Waals surface area contributed by atoms with Crippen LogP contribution >= 0.6 is 22.7 Å². The first-order chi connectivity index (χ1) is 19.0. The van der Waals surface area contributed by atoms with E-state index in [2.05, 4.69) is 15.6 Å². The number of aliphatic carboxylic acids is 1. The minimum atomic E-state index is -4.65. The van der Waals surface area contributed by atoms with E-state index >= 15 is 0 Å². The van der Waals surface area contributed by atoms with Gasteiger partial charge in [-0.05, 0) is 36.2 Å². The van der Waals surface area contributed by atoms with Crippen LogP contribution in [0.3, 0.4) is 0 Å². The Morgan fingerprint density at radius 1 is 1.05 bits per heavy atom. The van der Waals surface area contributed by atoms with Crippen LogP contribution in [0.15, 0.2) is 60.7 Å². The third-order valence-corrected chi connectivity index (χ3v) is 8.38. The molecule has 206 valence electrons. The summed E-state index contributed by atoms with van der Waals surface area (Å²) in [4.78, 5) is 24.7. The lowest BCUT2D eigenvalue weighted by atomic mass is 10.0. The summed E-state index contributed by atoms with van der Waals surface area (Å²) in [5.41, 5.74) is 0.401. The van der Waals surface area contributed by atoms with Gasteiger partial charge in [-0.1, -0.05) is 47.7 Å². The Kier molecular flexibility index (Phi) is 7.34. The monoisotopic (exact) mass is 586 g/mol. The van der Waals surface area contributed by atoms with Crippen molar-refractivity contribution >= 4 is 50.0 Å². The second-order valence-corrected chi connectivity index (χ2v) is 11.1. The van der Waals surface area contributed by atoms with Crippen molar-refractivity contribution in [3.63, 3.8) is 0 Å². The van der Waals surface area contributed by atoms with Gasteiger partial charge < -0.3 is 9.84 Å². The second-order valence-electron chi connectivity index (χ2n) is 8.89. The number of ether oxygens (including phenoxy) is 1. The Hall–Kier alpha value is -4.23. The van der Waals surface area contributed by atoms with Crippen LogP contribution in [0, 0.1) is 0 Å². The number of hydrogen-bond acceptors (Lipinski definition) is 7. The van der Waals surface area contributed by atoms with Crippen molar-refractivity contribution in [2.45, 2.75) is 25.6 Å². The summed E-state index contributed by atoms with van der Waals surface area (Å²) in [5.74, 6) is -0.894. The Morgan fingerprint density at radius 2 is 1.73 bits per heavy atom. The van der Waals surface area contributed by atoms with Crippen molar-refractivity contribution in [1.29, 1.82) is 0 Å². The van der Waals surface area contributed by atoms with Gasteiger partial charge >= 0.3 is 18.2 Å². The number of nitrogens with zero attached hydrogens (tertiary/aromatic N) is 3. The molecule has 2 aromatic carbocycles. The van der Waals surface area contributed by atoms with E-state index in [4.69, 9.17) is 9.84 Å². The first kappa shape index (κ1) is 27.3. The van der Waals surface area contributed by atoms with Crippen LogP contribution in [0.25, 0.3) is 30.4 Å². The fraction of sp³-hybridized carbons (Fsp3) is 0.185. The number of benzene rings is 2. The molecular formula is C27H21F3N4O4S2. The number of carboxylic acid groups (broad SMARTS) is 1. The van der Waals surface area contributed by atoms with Crippen LogP contribution in [0.5, 0.6) is 0 Å². The van der Waals surface area contributed by atoms with Gasteiger partial charge in [0.15, 0.2) is 5.82 Å². The van der Waals surface area contributed by atoms with E-state index in [0.29, 0.717) is 21.3 Å². The van der Waals surface area contributed by atoms with E-state index in [1.54, 1.807) is 26.1 Å². The van der Waals surface area contributed by atoms with Crippen LogP contribution in [0.1, 0.15) is 29.7 Å². The first-order valence-corrected chi connectivity index (χ1v) is 13.5. The molecule has 0 saturated heterocycles. The average Bonchev–Trinajstić information content (AvgIpc) is 3.57. The number of halogens is 3. The maximum atomic E-state index is 13.8. The predicted octanol–water partition coefficient (Wildman–Crippen LogP) is 7.38. The number of nitrogens with one attached hydrogen (secondary N) is 1. The number of fused-ring (bicyclic) bond motifs is 1. The molecule has 2 N–H and O–H groups in total. The first-order valence-electron chi connectivity index (χ1n) is 11.9. The van der Waals surface area contributed by atoms with E-state index in [0.717, 1.165) is 21.0 Å². The maximum absolute atomic E-state index is 13.8. The van der Waals surface area contributed by atoms with Gasteiger partial charge in [-0.15, -0.1) is 27.8 Å². The molecule has 1 atom stereocenters. The summed E-state index contributed by atoms with van der Waals surface area (Å²) in [7, 11) is 1.62. The van der Waals surface area contributed by atoms with Crippen molar-refractivity contribution in [2.24, 2.45) is 7.05 Å². The highest BCUT2D eigenvalue weighted by Crippen LogP contribution is 2.46. The topological polar surface area (TPSA) is 106 Å². The molecule has 40 heavy (non-hydrogen) atoms. The van der Waals surface area contributed by atoms with Crippen LogP contribution in [-0.2, 0) is 29.2 Å². The fourth-order valence-electron chi connectivity index (χ4n) is 4.15. The Balaban J connectivity index is 1.40. The van der Waals surface area contributed by atoms with Gasteiger partial charge in [-0.3, -0.25) is 10.1 Å². The lowest BCUT2D eigenvalue weighted by Gasteiger charge is -2.14. The average molecular weight is 587 g/mol. The predicted molar refractivity (Wildman–Crippen MR) is 146 cm³/mol. The Bertz CT molecular complexity index is 1680. The molecule has 5 rings (SSSR count). The SMILES string of the molecule is C[C@@H](OC(=O)Nc1c(-c2cc3sc(-c4ccc(CC(=O)O)cc4C(F)(F)F)cc3s2)nnn1C)c1ccccc1. The van der Waals surface area contributed by atoms with E-state index < -0.39 is 36.3 Å². The van der Waals surface area contributed by atoms with Crippen LogP contribution < -0.4 is 5.32 Å². The zero-order valence-corrected chi connectivity index (χ0v) is 22.7. The molecule has 0 radical (unpaired) electrons. The number of aromatic nitrogens is 3. The van der Waals surface area contributed by atoms with Crippen LogP contribution in [-0.4, -0.2) is 32.2 Å². The second kappa shape index (κ2) is 10.7. The van der Waals surface area contributed by atoms with Crippen LogP contribution in [0.4, 0.5) is 23.8 Å². The summed E-state index contributed by atoms with van der Waals surface area (Å²) in [6.07, 6.45) is -6.33. The molecule has 0 fully saturated rings. The van der Waals surface area contributed by atoms with Crippen molar-refractivity contribution in [1.82, 2.24) is 15.0 Å². The van der Waals surface area contributed by atoms with Crippen molar-refractivity contribution in [3.8, 4) is 21.0 Å². The minimum absolute atomic E-state index is 0.0197. The normalized spacial score (nSPS) is 12.4. The lowest BCUT2D eigenvalue weighted by Crippen LogP contribution is -2.18. The Morgan fingerprint density at radius 3 is 2.40 bits per heavy atom. The molecule has 0 spiro atoms. The van der Waals surface area contributed by atoms with Gasteiger partial charge in [0.25, 0.3) is 0 Å². The molecule has 0 saturated carbocycles. The third-order valence-electron chi connectivity index (χ3n) is 6.05. The van der Waals surface area contributed by atoms with Gasteiger partial charge in [0.1, 0.15) is 11.8 Å². The van der Waals surface area contributed by atoms with Gasteiger partial charge in [0, 0.05) is 26.9 Å². The lowest BCUT2D eigenvalue weighted by molar-refractivity contribution is -0.138. The molecule has 0 unspecified atom stereocenters. The van der Waals surface area contributed by atoms with E-state index in [-0.39, 0.29) is 11.1 Å². The molecule has 0 bridgehead atoms. The molecule has 8 nitrogen and oxygen atoms in total. The quantitative estimate of drug-likeness (QED) is 0.206. The van der Waals surface area contributed by atoms with E-state index in [9.17, 15) is 22.8 Å². The van der Waals surface area contributed by atoms with Gasteiger partial charge in [0.2, 0.25) is 0 Å². The van der Waals surface area contributed by atoms with Crippen LogP contribution in [0.2, 0.25) is 0 Å². The summed E-state index contributed by atoms with van der Waals surface area (Å²) in [6.45, 7) is 1.76. The number of thiophene rings is 2. The van der Waals surface area contributed by atoms with Gasteiger partial charge in [0.05, 0.1) is 16.9 Å². The molecule has 0 aliphatic heterocycles.